The molecular weight excluding hydrogens is 310 g/mol. The largest absolute Gasteiger partial charge is 0.353 e. The van der Waals surface area contributed by atoms with Crippen LogP contribution in [0.25, 0.3) is 0 Å². The molecule has 5 nitrogen and oxygen atoms in total. The molecule has 1 aromatic carbocycles. The van der Waals surface area contributed by atoms with Gasteiger partial charge in [0.2, 0.25) is 5.91 Å². The molecule has 2 amide bonds. The van der Waals surface area contributed by atoms with Crippen LogP contribution in [0.15, 0.2) is 28.7 Å². The Hall–Kier alpha value is -1.40. The molecule has 0 bridgehead atoms. The average Bonchev–Trinajstić information content (AvgIpc) is 2.41. The molecule has 0 aliphatic carbocycles. The van der Waals surface area contributed by atoms with Gasteiger partial charge in [-0.25, -0.2) is 0 Å². The highest BCUT2D eigenvalue weighted by atomic mass is 79.9. The van der Waals surface area contributed by atoms with Gasteiger partial charge in [0.1, 0.15) is 0 Å². The summed E-state index contributed by atoms with van der Waals surface area (Å²) in [5.41, 5.74) is 0.519. The van der Waals surface area contributed by atoms with Crippen LogP contribution in [0.5, 0.6) is 0 Å². The third kappa shape index (κ3) is 5.85. The molecule has 0 radical (unpaired) electrons. The van der Waals surface area contributed by atoms with E-state index in [0.717, 1.165) is 4.47 Å². The molecule has 1 aromatic rings. The van der Waals surface area contributed by atoms with Gasteiger partial charge in [0.25, 0.3) is 5.91 Å². The van der Waals surface area contributed by atoms with E-state index in [4.69, 9.17) is 0 Å². The van der Waals surface area contributed by atoms with E-state index < -0.39 is 0 Å². The Bertz CT molecular complexity index is 451. The molecule has 1 atom stereocenters. The summed E-state index contributed by atoms with van der Waals surface area (Å²) in [6.07, 6.45) is 0. The standard InChI is InChI=1S/C13H18BrN3O2/c1-9(15-2)7-16-12(18)8-17-13(19)10-4-3-5-11(14)6-10/h3-6,9,15H,7-8H2,1-2H3,(H,16,18)(H,17,19). The zero-order chi connectivity index (χ0) is 14.3. The van der Waals surface area contributed by atoms with Crippen molar-refractivity contribution in [3.63, 3.8) is 0 Å². The molecule has 0 fully saturated rings. The zero-order valence-electron chi connectivity index (χ0n) is 11.0. The predicted octanol–water partition coefficient (Wildman–Crippen LogP) is 0.903. The maximum Gasteiger partial charge on any atom is 0.251 e. The molecular formula is C13H18BrN3O2. The normalized spacial score (nSPS) is 11.7. The van der Waals surface area contributed by atoms with Crippen molar-refractivity contribution in [3.8, 4) is 0 Å². The van der Waals surface area contributed by atoms with Gasteiger partial charge in [0.15, 0.2) is 0 Å². The maximum absolute atomic E-state index is 11.8. The summed E-state index contributed by atoms with van der Waals surface area (Å²) in [6.45, 7) is 2.46. The predicted molar refractivity (Wildman–Crippen MR) is 78.0 cm³/mol. The summed E-state index contributed by atoms with van der Waals surface area (Å²) >= 11 is 3.29. The highest BCUT2D eigenvalue weighted by molar-refractivity contribution is 9.10. The summed E-state index contributed by atoms with van der Waals surface area (Å²) in [4.78, 5) is 23.3. The SMILES string of the molecule is CNC(C)CNC(=O)CNC(=O)c1cccc(Br)c1. The molecule has 0 aliphatic heterocycles. The first-order valence-electron chi connectivity index (χ1n) is 6.00. The van der Waals surface area contributed by atoms with Crippen LogP contribution in [0, 0.1) is 0 Å². The van der Waals surface area contributed by atoms with Crippen LogP contribution < -0.4 is 16.0 Å². The molecule has 19 heavy (non-hydrogen) atoms. The molecule has 0 heterocycles. The number of likely N-dealkylation sites (N-methyl/N-ethyl adjacent to an activating group) is 1. The van der Waals surface area contributed by atoms with E-state index >= 15 is 0 Å². The van der Waals surface area contributed by atoms with E-state index in [1.807, 2.05) is 20.0 Å². The van der Waals surface area contributed by atoms with Crippen molar-refractivity contribution < 1.29 is 9.59 Å². The van der Waals surface area contributed by atoms with Crippen LogP contribution in [-0.4, -0.2) is 38.0 Å². The molecule has 3 N–H and O–H groups in total. The van der Waals surface area contributed by atoms with Crippen LogP contribution >= 0.6 is 15.9 Å². The van der Waals surface area contributed by atoms with Crippen molar-refractivity contribution >= 4 is 27.7 Å². The van der Waals surface area contributed by atoms with Gasteiger partial charge < -0.3 is 16.0 Å². The third-order valence-electron chi connectivity index (χ3n) is 2.59. The van der Waals surface area contributed by atoms with Crippen molar-refractivity contribution in [1.82, 2.24) is 16.0 Å². The van der Waals surface area contributed by atoms with Crippen molar-refractivity contribution in [3.05, 3.63) is 34.3 Å². The number of halogens is 1. The topological polar surface area (TPSA) is 70.2 Å². The molecule has 104 valence electrons. The second kappa shape index (κ2) is 7.91. The van der Waals surface area contributed by atoms with Crippen LogP contribution in [-0.2, 0) is 4.79 Å². The number of benzene rings is 1. The van der Waals surface area contributed by atoms with Crippen molar-refractivity contribution in [1.29, 1.82) is 0 Å². The van der Waals surface area contributed by atoms with E-state index in [2.05, 4.69) is 31.9 Å². The van der Waals surface area contributed by atoms with Gasteiger partial charge in [0, 0.05) is 22.6 Å². The van der Waals surface area contributed by atoms with Crippen LogP contribution in [0.4, 0.5) is 0 Å². The Morgan fingerprint density at radius 1 is 1.32 bits per heavy atom. The first kappa shape index (κ1) is 15.7. The lowest BCUT2D eigenvalue weighted by atomic mass is 10.2. The second-order valence-electron chi connectivity index (χ2n) is 4.19. The average molecular weight is 328 g/mol. The van der Waals surface area contributed by atoms with Gasteiger partial charge in [-0.1, -0.05) is 22.0 Å². The number of carbonyl (C=O) groups excluding carboxylic acids is 2. The van der Waals surface area contributed by atoms with Crippen LogP contribution in [0.1, 0.15) is 17.3 Å². The smallest absolute Gasteiger partial charge is 0.251 e. The zero-order valence-corrected chi connectivity index (χ0v) is 12.6. The number of hydrogen-bond donors (Lipinski definition) is 3. The number of carbonyl (C=O) groups is 2. The van der Waals surface area contributed by atoms with Gasteiger partial charge in [-0.05, 0) is 32.2 Å². The van der Waals surface area contributed by atoms with E-state index in [0.29, 0.717) is 12.1 Å². The summed E-state index contributed by atoms with van der Waals surface area (Å²) in [5.74, 6) is -0.469. The number of hydrogen-bond acceptors (Lipinski definition) is 3. The Morgan fingerprint density at radius 2 is 2.05 bits per heavy atom. The van der Waals surface area contributed by atoms with Crippen LogP contribution in [0.2, 0.25) is 0 Å². The van der Waals surface area contributed by atoms with Gasteiger partial charge in [-0.3, -0.25) is 9.59 Å². The molecule has 0 saturated carbocycles. The third-order valence-corrected chi connectivity index (χ3v) is 3.09. The minimum absolute atomic E-state index is 0.0260. The highest BCUT2D eigenvalue weighted by Crippen LogP contribution is 2.11. The summed E-state index contributed by atoms with van der Waals surface area (Å²) in [6, 6.07) is 7.21. The first-order chi connectivity index (χ1) is 9.02. The Kier molecular flexibility index (Phi) is 6.52. The summed E-state index contributed by atoms with van der Waals surface area (Å²) in [5, 5.41) is 8.31. The van der Waals surface area contributed by atoms with Crippen molar-refractivity contribution in [2.24, 2.45) is 0 Å². The van der Waals surface area contributed by atoms with Gasteiger partial charge in [-0.15, -0.1) is 0 Å². The fourth-order valence-corrected chi connectivity index (χ4v) is 1.72. The fourth-order valence-electron chi connectivity index (χ4n) is 1.32. The molecule has 6 heteroatoms. The molecule has 0 aliphatic rings. The number of amides is 2. The molecule has 0 aromatic heterocycles. The lowest BCUT2D eigenvalue weighted by Gasteiger charge is -2.11. The van der Waals surface area contributed by atoms with Gasteiger partial charge >= 0.3 is 0 Å². The van der Waals surface area contributed by atoms with E-state index in [1.54, 1.807) is 18.2 Å². The summed E-state index contributed by atoms with van der Waals surface area (Å²) in [7, 11) is 1.83. The minimum Gasteiger partial charge on any atom is -0.353 e. The molecule has 1 rings (SSSR count). The van der Waals surface area contributed by atoms with Crippen molar-refractivity contribution in [2.75, 3.05) is 20.1 Å². The molecule has 0 saturated heterocycles. The van der Waals surface area contributed by atoms with Crippen molar-refractivity contribution in [2.45, 2.75) is 13.0 Å². The highest BCUT2D eigenvalue weighted by Gasteiger charge is 2.08. The fraction of sp³-hybridized carbons (Fsp3) is 0.385. The molecule has 1 unspecified atom stereocenters. The summed E-state index contributed by atoms with van der Waals surface area (Å²) < 4.78 is 0.826. The first-order valence-corrected chi connectivity index (χ1v) is 6.80. The Balaban J connectivity index is 2.36. The lowest BCUT2D eigenvalue weighted by molar-refractivity contribution is -0.120. The quantitative estimate of drug-likeness (QED) is 0.727. The lowest BCUT2D eigenvalue weighted by Crippen LogP contribution is -2.42. The monoisotopic (exact) mass is 327 g/mol. The molecule has 0 spiro atoms. The number of nitrogens with one attached hydrogen (secondary N) is 3. The maximum atomic E-state index is 11.8. The van der Waals surface area contributed by atoms with E-state index in [1.165, 1.54) is 0 Å². The van der Waals surface area contributed by atoms with Crippen LogP contribution in [0.3, 0.4) is 0 Å². The Morgan fingerprint density at radius 3 is 2.68 bits per heavy atom. The van der Waals surface area contributed by atoms with Gasteiger partial charge in [0.05, 0.1) is 6.54 Å². The van der Waals surface area contributed by atoms with E-state index in [9.17, 15) is 9.59 Å². The second-order valence-corrected chi connectivity index (χ2v) is 5.10. The van der Waals surface area contributed by atoms with Gasteiger partial charge in [-0.2, -0.15) is 0 Å². The number of rotatable bonds is 6. The Labute approximate surface area is 121 Å². The van der Waals surface area contributed by atoms with E-state index in [-0.39, 0.29) is 24.4 Å². The minimum atomic E-state index is -0.266.